The minimum atomic E-state index is -0.930. The van der Waals surface area contributed by atoms with Gasteiger partial charge in [0.2, 0.25) is 0 Å². The fourth-order valence-corrected chi connectivity index (χ4v) is 2.12. The van der Waals surface area contributed by atoms with E-state index in [2.05, 4.69) is 0 Å². The topological polar surface area (TPSA) is 26.3 Å². The van der Waals surface area contributed by atoms with Crippen molar-refractivity contribution in [3.05, 3.63) is 23.8 Å². The second kappa shape index (κ2) is 2.34. The van der Waals surface area contributed by atoms with Crippen LogP contribution in [0.4, 0.5) is 0 Å². The van der Waals surface area contributed by atoms with Crippen LogP contribution in [-0.4, -0.2) is 10.1 Å². The van der Waals surface area contributed by atoms with E-state index in [-0.39, 0.29) is 0 Å². The predicted molar refractivity (Wildman–Crippen MR) is 43.1 cm³/mol. The molecule has 3 heteroatoms. The summed E-state index contributed by atoms with van der Waals surface area (Å²) < 4.78 is 16.4. The van der Waals surface area contributed by atoms with Crippen molar-refractivity contribution in [1.29, 1.82) is 0 Å². The molecule has 0 radical (unpaired) electrons. The molecule has 0 fully saturated rings. The van der Waals surface area contributed by atoms with E-state index in [1.165, 1.54) is 0 Å². The van der Waals surface area contributed by atoms with Crippen molar-refractivity contribution in [2.24, 2.45) is 0 Å². The van der Waals surface area contributed by atoms with Crippen molar-refractivity contribution in [1.82, 2.24) is 0 Å². The third kappa shape index (κ3) is 1.05. The number of benzene rings is 1. The van der Waals surface area contributed by atoms with Gasteiger partial charge in [0.1, 0.15) is 5.75 Å². The zero-order chi connectivity index (χ0) is 7.84. The molecule has 0 spiro atoms. The van der Waals surface area contributed by atoms with Crippen LogP contribution in [0.1, 0.15) is 5.56 Å². The molecule has 0 aliphatic carbocycles. The van der Waals surface area contributed by atoms with E-state index in [9.17, 15) is 4.21 Å². The summed E-state index contributed by atoms with van der Waals surface area (Å²) in [6.45, 7) is 1.98. The number of fused-ring (bicyclic) bond motifs is 1. The average Bonchev–Trinajstić information content (AvgIpc) is 2.33. The van der Waals surface area contributed by atoms with E-state index in [1.54, 1.807) is 0 Å². The molecule has 0 saturated carbocycles. The number of hydrogen-bond donors (Lipinski definition) is 0. The maximum absolute atomic E-state index is 11.2. The molecule has 1 aliphatic rings. The normalized spacial score (nSPS) is 21.0. The van der Waals surface area contributed by atoms with Crippen LogP contribution < -0.4 is 4.74 Å². The van der Waals surface area contributed by atoms with Crippen LogP contribution in [0.2, 0.25) is 0 Å². The Labute approximate surface area is 67.6 Å². The summed E-state index contributed by atoms with van der Waals surface area (Å²) in [7, 11) is -0.930. The van der Waals surface area contributed by atoms with Gasteiger partial charge in [-0.1, -0.05) is 6.07 Å². The largest absolute Gasteiger partial charge is 0.479 e. The molecule has 11 heavy (non-hydrogen) atoms. The maximum atomic E-state index is 11.2. The first-order chi connectivity index (χ1) is 5.27. The van der Waals surface area contributed by atoms with Gasteiger partial charge in [0.05, 0.1) is 15.7 Å². The molecule has 1 aliphatic heterocycles. The Morgan fingerprint density at radius 3 is 3.18 bits per heavy atom. The Morgan fingerprint density at radius 2 is 2.36 bits per heavy atom. The van der Waals surface area contributed by atoms with Gasteiger partial charge >= 0.3 is 0 Å². The molecule has 0 bridgehead atoms. The molecule has 1 aromatic carbocycles. The molecule has 0 N–H and O–H groups in total. The molecule has 1 heterocycles. The van der Waals surface area contributed by atoms with Crippen LogP contribution >= 0.6 is 0 Å². The third-order valence-electron chi connectivity index (χ3n) is 1.67. The molecule has 58 valence electrons. The number of aryl methyl sites for hydroxylation is 1. The molecule has 1 atom stereocenters. The van der Waals surface area contributed by atoms with E-state index < -0.39 is 10.8 Å². The number of hydrogen-bond acceptors (Lipinski definition) is 2. The standard InChI is InChI=1S/C8H8O2S/c1-6-2-3-7-8(4-6)11(9)5-10-7/h2-4H,5H2,1H3. The molecule has 2 nitrogen and oxygen atoms in total. The van der Waals surface area contributed by atoms with Crippen molar-refractivity contribution in [3.63, 3.8) is 0 Å². The van der Waals surface area contributed by atoms with E-state index in [0.717, 1.165) is 16.2 Å². The first-order valence-corrected chi connectivity index (χ1v) is 4.71. The van der Waals surface area contributed by atoms with Gasteiger partial charge in [0.25, 0.3) is 0 Å². The Morgan fingerprint density at radius 1 is 1.55 bits per heavy atom. The Hall–Kier alpha value is -0.830. The highest BCUT2D eigenvalue weighted by atomic mass is 32.2. The highest BCUT2D eigenvalue weighted by Crippen LogP contribution is 2.28. The van der Waals surface area contributed by atoms with E-state index in [1.807, 2.05) is 25.1 Å². The van der Waals surface area contributed by atoms with E-state index >= 15 is 0 Å². The van der Waals surface area contributed by atoms with E-state index in [4.69, 9.17) is 4.74 Å². The van der Waals surface area contributed by atoms with Crippen LogP contribution in [0.15, 0.2) is 23.1 Å². The van der Waals surface area contributed by atoms with Crippen molar-refractivity contribution in [2.45, 2.75) is 11.8 Å². The fraction of sp³-hybridized carbons (Fsp3) is 0.250. The molecular formula is C8H8O2S. The summed E-state index contributed by atoms with van der Waals surface area (Å²) in [6.07, 6.45) is 0. The first-order valence-electron chi connectivity index (χ1n) is 3.39. The molecule has 1 unspecified atom stereocenters. The lowest BCUT2D eigenvalue weighted by Gasteiger charge is -1.95. The van der Waals surface area contributed by atoms with Crippen molar-refractivity contribution in [3.8, 4) is 5.75 Å². The lowest BCUT2D eigenvalue weighted by molar-refractivity contribution is 0.394. The highest BCUT2D eigenvalue weighted by Gasteiger charge is 2.18. The van der Waals surface area contributed by atoms with Gasteiger partial charge in [-0.05, 0) is 24.6 Å². The summed E-state index contributed by atoms with van der Waals surface area (Å²) in [6, 6.07) is 5.75. The minimum Gasteiger partial charge on any atom is -0.479 e. The Kier molecular flexibility index (Phi) is 1.46. The SMILES string of the molecule is Cc1ccc2c(c1)S(=O)CO2. The van der Waals surface area contributed by atoms with Gasteiger partial charge in [-0.25, -0.2) is 0 Å². The average molecular weight is 168 g/mol. The van der Waals surface area contributed by atoms with Gasteiger partial charge in [-0.3, -0.25) is 4.21 Å². The Bertz CT molecular complexity index is 320. The smallest absolute Gasteiger partial charge is 0.167 e. The fourth-order valence-electron chi connectivity index (χ4n) is 1.09. The molecule has 0 saturated heterocycles. The second-order valence-corrected chi connectivity index (χ2v) is 3.92. The lowest BCUT2D eigenvalue weighted by Crippen LogP contribution is -1.91. The summed E-state index contributed by atoms with van der Waals surface area (Å²) in [5.74, 6) is 1.09. The first kappa shape index (κ1) is 6.85. The van der Waals surface area contributed by atoms with Crippen LogP contribution in [0, 0.1) is 6.92 Å². The number of ether oxygens (including phenoxy) is 1. The zero-order valence-corrected chi connectivity index (χ0v) is 6.98. The van der Waals surface area contributed by atoms with Crippen LogP contribution in [0.5, 0.6) is 5.75 Å². The van der Waals surface area contributed by atoms with Gasteiger partial charge in [0, 0.05) is 0 Å². The molecular weight excluding hydrogens is 160 g/mol. The van der Waals surface area contributed by atoms with Crippen LogP contribution in [-0.2, 0) is 10.8 Å². The Balaban J connectivity index is 2.60. The maximum Gasteiger partial charge on any atom is 0.167 e. The van der Waals surface area contributed by atoms with Gasteiger partial charge in [0.15, 0.2) is 5.94 Å². The van der Waals surface area contributed by atoms with Crippen molar-refractivity contribution in [2.75, 3.05) is 5.94 Å². The third-order valence-corrected chi connectivity index (χ3v) is 2.81. The highest BCUT2D eigenvalue weighted by molar-refractivity contribution is 7.85. The van der Waals surface area contributed by atoms with E-state index in [0.29, 0.717) is 5.94 Å². The zero-order valence-electron chi connectivity index (χ0n) is 6.16. The minimum absolute atomic E-state index is 0.318. The van der Waals surface area contributed by atoms with Gasteiger partial charge in [-0.15, -0.1) is 0 Å². The van der Waals surface area contributed by atoms with Crippen molar-refractivity contribution >= 4 is 10.8 Å². The summed E-state index contributed by atoms with van der Waals surface area (Å²) in [4.78, 5) is 0.838. The molecule has 2 rings (SSSR count). The van der Waals surface area contributed by atoms with Crippen molar-refractivity contribution < 1.29 is 8.95 Å². The predicted octanol–water partition coefficient (Wildman–Crippen LogP) is 1.45. The second-order valence-electron chi connectivity index (χ2n) is 2.56. The summed E-state index contributed by atoms with van der Waals surface area (Å²) in [5, 5.41) is 0. The van der Waals surface area contributed by atoms with Crippen LogP contribution in [0.3, 0.4) is 0 Å². The molecule has 0 amide bonds. The quantitative estimate of drug-likeness (QED) is 0.586. The van der Waals surface area contributed by atoms with Crippen LogP contribution in [0.25, 0.3) is 0 Å². The summed E-state index contributed by atoms with van der Waals surface area (Å²) >= 11 is 0. The van der Waals surface area contributed by atoms with Gasteiger partial charge < -0.3 is 4.74 Å². The summed E-state index contributed by atoms with van der Waals surface area (Å²) in [5.41, 5.74) is 1.13. The molecule has 1 aromatic rings. The van der Waals surface area contributed by atoms with Gasteiger partial charge in [-0.2, -0.15) is 0 Å². The number of rotatable bonds is 0. The monoisotopic (exact) mass is 168 g/mol. The molecule has 0 aromatic heterocycles. The lowest BCUT2D eigenvalue weighted by atomic mass is 10.2.